The molecule has 166 valence electrons. The maximum absolute atomic E-state index is 14.6. The Balaban J connectivity index is 1.92. The number of nitrogens with two attached hydrogens (primary N) is 1. The molecule has 1 aromatic rings. The summed E-state index contributed by atoms with van der Waals surface area (Å²) in [6.45, 7) is 7.82. The Morgan fingerprint density at radius 2 is 2.20 bits per heavy atom. The Morgan fingerprint density at radius 3 is 2.80 bits per heavy atom. The van der Waals surface area contributed by atoms with E-state index in [0.29, 0.717) is 13.0 Å². The average molecular weight is 459 g/mol. The van der Waals surface area contributed by atoms with Crippen LogP contribution < -0.4 is 5.73 Å². The number of anilines is 1. The zero-order chi connectivity index (χ0) is 22.3. The molecular weight excluding hydrogens is 430 g/mol. The van der Waals surface area contributed by atoms with Crippen LogP contribution in [0.3, 0.4) is 0 Å². The van der Waals surface area contributed by atoms with Gasteiger partial charge >= 0.3 is 6.09 Å². The van der Waals surface area contributed by atoms with Crippen molar-refractivity contribution in [1.29, 1.82) is 0 Å². The summed E-state index contributed by atoms with van der Waals surface area (Å²) in [6.07, 6.45) is 0.404. The Bertz CT molecular complexity index is 869. The van der Waals surface area contributed by atoms with Crippen molar-refractivity contribution in [2.24, 2.45) is 10.9 Å². The van der Waals surface area contributed by atoms with Crippen LogP contribution in [0.25, 0.3) is 0 Å². The van der Waals surface area contributed by atoms with Gasteiger partial charge in [-0.3, -0.25) is 4.99 Å². The second kappa shape index (κ2) is 8.08. The number of amides is 1. The van der Waals surface area contributed by atoms with Crippen molar-refractivity contribution in [2.75, 3.05) is 25.7 Å². The number of fused-ring (bicyclic) bond motifs is 1. The van der Waals surface area contributed by atoms with E-state index in [2.05, 4.69) is 29.6 Å². The van der Waals surface area contributed by atoms with Crippen LogP contribution in [0.1, 0.15) is 18.9 Å². The van der Waals surface area contributed by atoms with Gasteiger partial charge in [0.05, 0.1) is 22.2 Å². The average Bonchev–Trinajstić information content (AvgIpc) is 3.38. The lowest BCUT2D eigenvalue weighted by Gasteiger charge is -2.36. The van der Waals surface area contributed by atoms with Crippen LogP contribution in [-0.2, 0) is 10.3 Å². The SMILES string of the molecule is C[C@]1(c2cc(N)cnc2F)N=C(N(COCC[Si](C)(C)C)C(=O)O)SC2(CF)CC21. The van der Waals surface area contributed by atoms with Crippen molar-refractivity contribution in [3.8, 4) is 0 Å². The molecule has 0 saturated heterocycles. The van der Waals surface area contributed by atoms with Gasteiger partial charge < -0.3 is 15.6 Å². The Kier molecular flexibility index (Phi) is 6.18. The lowest BCUT2D eigenvalue weighted by Crippen LogP contribution is -2.44. The van der Waals surface area contributed by atoms with Crippen molar-refractivity contribution in [1.82, 2.24) is 9.88 Å². The van der Waals surface area contributed by atoms with Gasteiger partial charge in [0.15, 0.2) is 5.17 Å². The van der Waals surface area contributed by atoms with Crippen molar-refractivity contribution in [3.05, 3.63) is 23.8 Å². The van der Waals surface area contributed by atoms with Crippen LogP contribution in [0.4, 0.5) is 19.3 Å². The van der Waals surface area contributed by atoms with Crippen LogP contribution in [0.2, 0.25) is 25.7 Å². The van der Waals surface area contributed by atoms with E-state index in [1.165, 1.54) is 12.3 Å². The molecule has 11 heteroatoms. The number of thioether (sulfide) groups is 1. The van der Waals surface area contributed by atoms with Crippen LogP contribution in [-0.4, -0.2) is 59.1 Å². The maximum atomic E-state index is 14.6. The first-order chi connectivity index (χ1) is 13.9. The normalized spacial score (nSPS) is 27.9. The topological polar surface area (TPSA) is 101 Å². The largest absolute Gasteiger partial charge is 0.465 e. The van der Waals surface area contributed by atoms with Gasteiger partial charge in [0.25, 0.3) is 0 Å². The number of alkyl halides is 1. The number of hydrogen-bond donors (Lipinski definition) is 2. The molecule has 1 aromatic heterocycles. The van der Waals surface area contributed by atoms with E-state index in [1.54, 1.807) is 6.92 Å². The molecule has 1 aliphatic carbocycles. The molecule has 2 unspecified atom stereocenters. The van der Waals surface area contributed by atoms with Crippen molar-refractivity contribution in [3.63, 3.8) is 0 Å². The summed E-state index contributed by atoms with van der Waals surface area (Å²) >= 11 is 1.09. The van der Waals surface area contributed by atoms with E-state index in [-0.39, 0.29) is 29.1 Å². The van der Waals surface area contributed by atoms with Crippen molar-refractivity contribution >= 4 is 36.8 Å². The fourth-order valence-corrected chi connectivity index (χ4v) is 5.95. The van der Waals surface area contributed by atoms with Gasteiger partial charge in [0, 0.05) is 26.2 Å². The van der Waals surface area contributed by atoms with Crippen molar-refractivity contribution in [2.45, 2.75) is 49.3 Å². The fraction of sp³-hybridized carbons (Fsp3) is 0.632. The van der Waals surface area contributed by atoms with Gasteiger partial charge in [0.2, 0.25) is 5.95 Å². The molecule has 1 amide bonds. The quantitative estimate of drug-likeness (QED) is 0.276. The first-order valence-electron chi connectivity index (χ1n) is 9.76. The lowest BCUT2D eigenvalue weighted by molar-refractivity contribution is 0.0702. The number of amidine groups is 1. The molecule has 7 nitrogen and oxygen atoms in total. The molecule has 2 heterocycles. The Morgan fingerprint density at radius 1 is 1.50 bits per heavy atom. The number of aliphatic imine (C=N–C) groups is 1. The standard InChI is InChI=1S/C19H28F2N4O3SSi/c1-18(13-7-12(22)9-23-15(13)21)14-8-19(14,10-20)29-16(24-18)25(17(26)27)11-28-5-6-30(2,3)4/h7,9,14H,5-6,8,10-11,22H2,1-4H3,(H,26,27)/t14?,18-,19?/m1/s1. The Hall–Kier alpha value is -1.72. The van der Waals surface area contributed by atoms with E-state index in [0.717, 1.165) is 22.7 Å². The number of hydrogen-bond acceptors (Lipinski definition) is 6. The van der Waals surface area contributed by atoms with Gasteiger partial charge in [0.1, 0.15) is 13.4 Å². The first kappa shape index (κ1) is 23.0. The van der Waals surface area contributed by atoms with E-state index < -0.39 is 37.1 Å². The highest BCUT2D eigenvalue weighted by Gasteiger charge is 2.67. The second-order valence-electron chi connectivity index (χ2n) is 9.26. The van der Waals surface area contributed by atoms with Crippen LogP contribution >= 0.6 is 11.8 Å². The van der Waals surface area contributed by atoms with E-state index in [1.807, 2.05) is 0 Å². The van der Waals surface area contributed by atoms with E-state index >= 15 is 0 Å². The predicted octanol–water partition coefficient (Wildman–Crippen LogP) is 4.14. The molecule has 0 bridgehead atoms. The summed E-state index contributed by atoms with van der Waals surface area (Å²) in [5.41, 5.74) is 5.03. The smallest absolute Gasteiger partial charge is 0.415 e. The summed E-state index contributed by atoms with van der Waals surface area (Å²) in [4.78, 5) is 21.2. The molecule has 3 atom stereocenters. The number of pyridine rings is 1. The number of carboxylic acid groups (broad SMARTS) is 1. The molecule has 1 aliphatic heterocycles. The minimum absolute atomic E-state index is 0.103. The van der Waals surface area contributed by atoms with Crippen LogP contribution in [0.15, 0.2) is 17.3 Å². The maximum Gasteiger partial charge on any atom is 0.415 e. The molecular formula is C19H28F2N4O3SSi. The van der Waals surface area contributed by atoms with Gasteiger partial charge in [-0.25, -0.2) is 19.1 Å². The minimum atomic E-state index is -1.33. The molecule has 1 fully saturated rings. The molecule has 0 spiro atoms. The number of halogens is 2. The molecule has 1 saturated carbocycles. The summed E-state index contributed by atoms with van der Waals surface area (Å²) < 4.78 is 33.4. The summed E-state index contributed by atoms with van der Waals surface area (Å²) in [7, 11) is -1.33. The predicted molar refractivity (Wildman–Crippen MR) is 117 cm³/mol. The highest BCUT2D eigenvalue weighted by Crippen LogP contribution is 2.66. The number of ether oxygens (including phenoxy) is 1. The molecule has 0 radical (unpaired) electrons. The number of nitrogen functional groups attached to an aromatic ring is 1. The fourth-order valence-electron chi connectivity index (χ4n) is 3.68. The third-order valence-electron chi connectivity index (χ3n) is 5.64. The lowest BCUT2D eigenvalue weighted by atomic mass is 9.87. The summed E-state index contributed by atoms with van der Waals surface area (Å²) in [6, 6.07) is 2.32. The van der Waals surface area contributed by atoms with Crippen LogP contribution in [0, 0.1) is 11.9 Å². The van der Waals surface area contributed by atoms with Crippen LogP contribution in [0.5, 0.6) is 0 Å². The molecule has 3 N–H and O–H groups in total. The van der Waals surface area contributed by atoms with E-state index in [4.69, 9.17) is 10.5 Å². The third kappa shape index (κ3) is 4.47. The zero-order valence-electron chi connectivity index (χ0n) is 17.6. The van der Waals surface area contributed by atoms with E-state index in [9.17, 15) is 18.7 Å². The monoisotopic (exact) mass is 458 g/mol. The second-order valence-corrected chi connectivity index (χ2v) is 16.3. The molecule has 0 aromatic carbocycles. The van der Waals surface area contributed by atoms with Gasteiger partial charge in [-0.15, -0.1) is 0 Å². The number of nitrogens with zero attached hydrogens (tertiary/aromatic N) is 3. The van der Waals surface area contributed by atoms with Gasteiger partial charge in [-0.05, 0) is 25.5 Å². The number of rotatable bonds is 7. The van der Waals surface area contributed by atoms with Gasteiger partial charge in [-0.2, -0.15) is 4.39 Å². The molecule has 2 aliphatic rings. The highest BCUT2D eigenvalue weighted by atomic mass is 32.2. The molecule has 30 heavy (non-hydrogen) atoms. The summed E-state index contributed by atoms with van der Waals surface area (Å²) in [5, 5.41) is 9.84. The minimum Gasteiger partial charge on any atom is -0.465 e. The summed E-state index contributed by atoms with van der Waals surface area (Å²) in [5.74, 6) is -1.03. The molecule has 3 rings (SSSR count). The van der Waals surface area contributed by atoms with Crippen molar-refractivity contribution < 1.29 is 23.4 Å². The van der Waals surface area contributed by atoms with Gasteiger partial charge in [-0.1, -0.05) is 31.4 Å². The number of aromatic nitrogens is 1. The highest BCUT2D eigenvalue weighted by molar-refractivity contribution is 8.15. The number of carbonyl (C=O) groups is 1. The first-order valence-corrected chi connectivity index (χ1v) is 14.3. The third-order valence-corrected chi connectivity index (χ3v) is 8.80. The zero-order valence-corrected chi connectivity index (χ0v) is 19.4. The Labute approximate surface area is 180 Å².